The van der Waals surface area contributed by atoms with Crippen molar-refractivity contribution in [1.82, 2.24) is 15.3 Å². The first kappa shape index (κ1) is 27.4. The van der Waals surface area contributed by atoms with Crippen molar-refractivity contribution in [3.8, 4) is 0 Å². The number of piperazine rings is 1. The molecular weight excluding hydrogens is 484 g/mol. The van der Waals surface area contributed by atoms with Crippen LogP contribution in [0.5, 0.6) is 0 Å². The molecular formula is C29H38N4O5. The van der Waals surface area contributed by atoms with Gasteiger partial charge in [-0.1, -0.05) is 49.6 Å². The molecule has 1 saturated carbocycles. The van der Waals surface area contributed by atoms with Crippen molar-refractivity contribution in [3.05, 3.63) is 65.7 Å². The van der Waals surface area contributed by atoms with Crippen LogP contribution in [-0.4, -0.2) is 78.8 Å². The number of carbonyl (C=O) groups excluding carboxylic acids is 3. The van der Waals surface area contributed by atoms with Gasteiger partial charge in [-0.15, -0.1) is 0 Å². The Balaban J connectivity index is 1.30. The molecule has 0 radical (unpaired) electrons. The quantitative estimate of drug-likeness (QED) is 0.401. The molecule has 9 nitrogen and oxygen atoms in total. The summed E-state index contributed by atoms with van der Waals surface area (Å²) in [5.74, 6) is -1.35. The number of amides is 3. The molecule has 2 aromatic rings. The number of rotatable bonds is 8. The van der Waals surface area contributed by atoms with Gasteiger partial charge in [0, 0.05) is 50.5 Å². The van der Waals surface area contributed by atoms with Crippen LogP contribution in [0.15, 0.2) is 54.6 Å². The monoisotopic (exact) mass is 522 g/mol. The number of anilines is 1. The van der Waals surface area contributed by atoms with Crippen molar-refractivity contribution < 1.29 is 24.3 Å². The van der Waals surface area contributed by atoms with Crippen molar-refractivity contribution in [3.63, 3.8) is 0 Å². The van der Waals surface area contributed by atoms with Crippen molar-refractivity contribution in [2.75, 3.05) is 44.7 Å². The van der Waals surface area contributed by atoms with Gasteiger partial charge in [-0.2, -0.15) is 0 Å². The van der Waals surface area contributed by atoms with Crippen LogP contribution in [0.4, 0.5) is 10.5 Å². The lowest BCUT2D eigenvalue weighted by Gasteiger charge is -2.36. The number of benzene rings is 2. The second-order valence-corrected chi connectivity index (χ2v) is 10.1. The molecule has 38 heavy (non-hydrogen) atoms. The van der Waals surface area contributed by atoms with Crippen LogP contribution in [0.25, 0.3) is 0 Å². The van der Waals surface area contributed by atoms with Crippen LogP contribution in [0.2, 0.25) is 0 Å². The second-order valence-electron chi connectivity index (χ2n) is 10.1. The Labute approximate surface area is 224 Å². The molecule has 0 spiro atoms. The summed E-state index contributed by atoms with van der Waals surface area (Å²) in [4.78, 5) is 43.7. The molecule has 0 aromatic heterocycles. The summed E-state index contributed by atoms with van der Waals surface area (Å²) in [6.45, 7) is 2.83. The molecule has 204 valence electrons. The van der Waals surface area contributed by atoms with Gasteiger partial charge in [0.05, 0.1) is 12.5 Å². The number of nitrogens with zero attached hydrogens (tertiary/aromatic N) is 3. The molecule has 4 rings (SSSR count). The van der Waals surface area contributed by atoms with E-state index in [1.165, 1.54) is 6.42 Å². The molecule has 2 aliphatic rings. The van der Waals surface area contributed by atoms with Gasteiger partial charge in [0.15, 0.2) is 0 Å². The molecule has 1 unspecified atom stereocenters. The zero-order valence-corrected chi connectivity index (χ0v) is 22.1. The summed E-state index contributed by atoms with van der Waals surface area (Å²) in [7, 11) is 1.76. The Kier molecular flexibility index (Phi) is 9.59. The Morgan fingerprint density at radius 2 is 1.63 bits per heavy atom. The summed E-state index contributed by atoms with van der Waals surface area (Å²) < 4.78 is 5.45. The fourth-order valence-electron chi connectivity index (χ4n) is 5.36. The molecule has 2 fully saturated rings. The van der Waals surface area contributed by atoms with E-state index in [1.807, 2.05) is 23.1 Å². The first-order chi connectivity index (χ1) is 18.5. The number of ether oxygens (including phenoxy) is 1. The number of nitrogens with one attached hydrogen (secondary N) is 1. The molecule has 2 N–H and O–H groups in total. The molecule has 1 heterocycles. The summed E-state index contributed by atoms with van der Waals surface area (Å²) in [6.07, 6.45) is 5.21. The second kappa shape index (κ2) is 13.3. The maximum absolute atomic E-state index is 13.1. The van der Waals surface area contributed by atoms with E-state index in [-0.39, 0.29) is 25.0 Å². The van der Waals surface area contributed by atoms with E-state index in [0.717, 1.165) is 44.5 Å². The molecule has 2 aromatic carbocycles. The van der Waals surface area contributed by atoms with E-state index in [1.54, 1.807) is 41.7 Å². The van der Waals surface area contributed by atoms with Crippen LogP contribution in [0.1, 0.15) is 60.4 Å². The van der Waals surface area contributed by atoms with Gasteiger partial charge in [0.2, 0.25) is 0 Å². The average molecular weight is 523 g/mol. The summed E-state index contributed by atoms with van der Waals surface area (Å²) in [6, 6.07) is 17.2. The Hall–Kier alpha value is -3.59. The highest BCUT2D eigenvalue weighted by molar-refractivity contribution is 5.94. The predicted octanol–water partition coefficient (Wildman–Crippen LogP) is 4.03. The molecule has 3 amide bonds. The molecule has 1 aliphatic heterocycles. The van der Waals surface area contributed by atoms with Gasteiger partial charge in [0.25, 0.3) is 11.8 Å². The zero-order valence-electron chi connectivity index (χ0n) is 22.1. The van der Waals surface area contributed by atoms with E-state index in [0.29, 0.717) is 24.2 Å². The fourth-order valence-corrected chi connectivity index (χ4v) is 5.36. The third kappa shape index (κ3) is 6.83. The smallest absolute Gasteiger partial charge is 0.409 e. The summed E-state index contributed by atoms with van der Waals surface area (Å²) in [5, 5.41) is 9.27. The molecule has 1 saturated heterocycles. The van der Waals surface area contributed by atoms with Crippen molar-refractivity contribution >= 4 is 23.6 Å². The number of para-hydroxylation sites is 1. The standard InChI is InChI=1S/C29H38N4O5/c1-31(24-8-4-2-5-9-24)29(36)38-21-16-26(27(34)30-37)22-12-14-23(15-13-22)28(35)33-19-17-32(18-20-33)25-10-6-3-7-11-25/h3,6-7,10-15,24,26,37H,2,4-5,8-9,16-21H2,1H3,(H,30,34). The average Bonchev–Trinajstić information content (AvgIpc) is 2.99. The van der Waals surface area contributed by atoms with Crippen LogP contribution in [0, 0.1) is 0 Å². The lowest BCUT2D eigenvalue weighted by molar-refractivity contribution is -0.131. The van der Waals surface area contributed by atoms with Gasteiger partial charge >= 0.3 is 6.09 Å². The van der Waals surface area contributed by atoms with Gasteiger partial charge in [-0.3, -0.25) is 14.8 Å². The van der Waals surface area contributed by atoms with Crippen LogP contribution in [0.3, 0.4) is 0 Å². The Morgan fingerprint density at radius 1 is 0.974 bits per heavy atom. The van der Waals surface area contributed by atoms with Crippen molar-refractivity contribution in [2.45, 2.75) is 50.5 Å². The first-order valence-electron chi connectivity index (χ1n) is 13.5. The Bertz CT molecular complexity index is 1060. The van der Waals surface area contributed by atoms with E-state index in [4.69, 9.17) is 4.74 Å². The van der Waals surface area contributed by atoms with Gasteiger partial charge < -0.3 is 19.4 Å². The third-order valence-corrected chi connectivity index (χ3v) is 7.72. The fraction of sp³-hybridized carbons (Fsp3) is 0.483. The molecule has 1 aliphatic carbocycles. The van der Waals surface area contributed by atoms with Gasteiger partial charge in [0.1, 0.15) is 0 Å². The van der Waals surface area contributed by atoms with E-state index >= 15 is 0 Å². The minimum absolute atomic E-state index is 0.0420. The highest BCUT2D eigenvalue weighted by atomic mass is 16.6. The van der Waals surface area contributed by atoms with Crippen molar-refractivity contribution in [1.29, 1.82) is 0 Å². The highest BCUT2D eigenvalue weighted by Crippen LogP contribution is 2.24. The molecule has 9 heteroatoms. The normalized spacial score (nSPS) is 17.0. The van der Waals surface area contributed by atoms with Gasteiger partial charge in [-0.25, -0.2) is 10.3 Å². The maximum atomic E-state index is 13.1. The zero-order chi connectivity index (χ0) is 26.9. The topological polar surface area (TPSA) is 102 Å². The van der Waals surface area contributed by atoms with E-state index in [9.17, 15) is 19.6 Å². The van der Waals surface area contributed by atoms with Crippen LogP contribution < -0.4 is 10.4 Å². The lowest BCUT2D eigenvalue weighted by atomic mass is 9.94. The maximum Gasteiger partial charge on any atom is 0.409 e. The minimum atomic E-state index is -0.716. The number of carbonyl (C=O) groups is 3. The molecule has 0 bridgehead atoms. The largest absolute Gasteiger partial charge is 0.449 e. The minimum Gasteiger partial charge on any atom is -0.449 e. The summed E-state index contributed by atoms with van der Waals surface area (Å²) in [5.41, 5.74) is 4.05. The van der Waals surface area contributed by atoms with E-state index < -0.39 is 17.9 Å². The van der Waals surface area contributed by atoms with Gasteiger partial charge in [-0.05, 0) is 49.1 Å². The number of hydrogen-bond donors (Lipinski definition) is 2. The highest BCUT2D eigenvalue weighted by Gasteiger charge is 2.26. The van der Waals surface area contributed by atoms with Crippen LogP contribution in [-0.2, 0) is 9.53 Å². The first-order valence-corrected chi connectivity index (χ1v) is 13.5. The Morgan fingerprint density at radius 3 is 2.26 bits per heavy atom. The molecule has 1 atom stereocenters. The lowest BCUT2D eigenvalue weighted by Crippen LogP contribution is -2.48. The van der Waals surface area contributed by atoms with Crippen molar-refractivity contribution in [2.24, 2.45) is 0 Å². The number of hydrogen-bond acceptors (Lipinski definition) is 6. The summed E-state index contributed by atoms with van der Waals surface area (Å²) >= 11 is 0. The SMILES string of the molecule is CN(C(=O)OCCC(C(=O)NO)c1ccc(C(=O)N2CCN(c3ccccc3)CC2)cc1)C1CCCCC1. The predicted molar refractivity (Wildman–Crippen MR) is 144 cm³/mol. The van der Waals surface area contributed by atoms with E-state index in [2.05, 4.69) is 17.0 Å². The van der Waals surface area contributed by atoms with Crippen LogP contribution >= 0.6 is 0 Å². The third-order valence-electron chi connectivity index (χ3n) is 7.72. The number of hydroxylamine groups is 1.